The summed E-state index contributed by atoms with van der Waals surface area (Å²) in [4.78, 5) is 19.0. The van der Waals surface area contributed by atoms with Gasteiger partial charge in [-0.05, 0) is 33.1 Å². The number of hydrogen-bond donors (Lipinski definition) is 3. The van der Waals surface area contributed by atoms with Gasteiger partial charge < -0.3 is 21.1 Å². The standard InChI is InChI=1S/C14H24N4O2S/c1-8-7-18(6-5-9(8)19)12(20)10-11(15)16-13(21-10)17-14(2,3)4/h8-9,19H,5-7,15H2,1-4H3,(H,16,17). The number of aliphatic hydroxyl groups excluding tert-OH is 1. The van der Waals surface area contributed by atoms with E-state index in [1.165, 1.54) is 11.3 Å². The molecule has 6 nitrogen and oxygen atoms in total. The SMILES string of the molecule is CC1CN(C(=O)c2sc(NC(C)(C)C)nc2N)CCC1O. The van der Waals surface area contributed by atoms with Gasteiger partial charge >= 0.3 is 0 Å². The number of nitrogens with one attached hydrogen (secondary N) is 1. The van der Waals surface area contributed by atoms with Gasteiger partial charge in [-0.15, -0.1) is 0 Å². The summed E-state index contributed by atoms with van der Waals surface area (Å²) in [5.74, 6) is 0.269. The number of rotatable bonds is 2. The number of aromatic nitrogens is 1. The number of nitrogens with zero attached hydrogens (tertiary/aromatic N) is 2. The third-order valence-corrected chi connectivity index (χ3v) is 4.45. The van der Waals surface area contributed by atoms with Crippen LogP contribution in [0.25, 0.3) is 0 Å². The highest BCUT2D eigenvalue weighted by molar-refractivity contribution is 7.18. The van der Waals surface area contributed by atoms with Crippen molar-refractivity contribution in [1.82, 2.24) is 9.88 Å². The lowest BCUT2D eigenvalue weighted by Crippen LogP contribution is -2.44. The van der Waals surface area contributed by atoms with Gasteiger partial charge in [0.1, 0.15) is 10.7 Å². The zero-order valence-electron chi connectivity index (χ0n) is 13.0. The minimum Gasteiger partial charge on any atom is -0.393 e. The number of thiazole rings is 1. The number of piperidine rings is 1. The number of likely N-dealkylation sites (tertiary alicyclic amines) is 1. The Morgan fingerprint density at radius 3 is 2.76 bits per heavy atom. The summed E-state index contributed by atoms with van der Waals surface area (Å²) in [6.45, 7) is 9.15. The molecule has 2 heterocycles. The van der Waals surface area contributed by atoms with E-state index in [9.17, 15) is 9.90 Å². The van der Waals surface area contributed by atoms with Crippen LogP contribution in [0, 0.1) is 5.92 Å². The van der Waals surface area contributed by atoms with E-state index in [1.807, 2.05) is 27.7 Å². The summed E-state index contributed by atoms with van der Waals surface area (Å²) in [5, 5.41) is 13.6. The molecule has 1 saturated heterocycles. The van der Waals surface area contributed by atoms with Crippen LogP contribution in [-0.2, 0) is 0 Å². The number of anilines is 2. The highest BCUT2D eigenvalue weighted by Crippen LogP contribution is 2.29. The van der Waals surface area contributed by atoms with Crippen LogP contribution in [0.4, 0.5) is 10.9 Å². The zero-order valence-corrected chi connectivity index (χ0v) is 13.8. The van der Waals surface area contributed by atoms with Crippen LogP contribution in [0.3, 0.4) is 0 Å². The number of hydrogen-bond acceptors (Lipinski definition) is 6. The predicted octanol–water partition coefficient (Wildman–Crippen LogP) is 1.78. The molecule has 2 rings (SSSR count). The lowest BCUT2D eigenvalue weighted by atomic mass is 9.97. The number of aliphatic hydroxyl groups is 1. The maximum atomic E-state index is 12.6. The Bertz CT molecular complexity index is 524. The Labute approximate surface area is 129 Å². The van der Waals surface area contributed by atoms with Crippen molar-refractivity contribution in [3.8, 4) is 0 Å². The third-order valence-electron chi connectivity index (χ3n) is 3.48. The molecule has 1 amide bonds. The maximum Gasteiger partial charge on any atom is 0.267 e. The molecule has 1 aromatic heterocycles. The molecule has 2 unspecified atom stereocenters. The summed E-state index contributed by atoms with van der Waals surface area (Å²) in [6.07, 6.45) is 0.282. The van der Waals surface area contributed by atoms with E-state index < -0.39 is 0 Å². The van der Waals surface area contributed by atoms with Crippen LogP contribution < -0.4 is 11.1 Å². The molecule has 1 aromatic rings. The van der Waals surface area contributed by atoms with Crippen molar-refractivity contribution >= 4 is 28.2 Å². The minimum atomic E-state index is -0.328. The molecular weight excluding hydrogens is 288 g/mol. The number of amides is 1. The van der Waals surface area contributed by atoms with Crippen molar-refractivity contribution in [2.24, 2.45) is 5.92 Å². The van der Waals surface area contributed by atoms with Crippen LogP contribution >= 0.6 is 11.3 Å². The number of nitrogens with two attached hydrogens (primary N) is 1. The maximum absolute atomic E-state index is 12.6. The quantitative estimate of drug-likeness (QED) is 0.774. The first-order valence-corrected chi connectivity index (χ1v) is 8.01. The fourth-order valence-electron chi connectivity index (χ4n) is 2.32. The smallest absolute Gasteiger partial charge is 0.267 e. The summed E-state index contributed by atoms with van der Waals surface area (Å²) in [7, 11) is 0. The van der Waals surface area contributed by atoms with Crippen LogP contribution in [-0.4, -0.2) is 45.6 Å². The molecule has 118 valence electrons. The molecule has 4 N–H and O–H groups in total. The van der Waals surface area contributed by atoms with E-state index in [0.29, 0.717) is 29.5 Å². The second kappa shape index (κ2) is 5.81. The Kier molecular flexibility index (Phi) is 4.43. The first kappa shape index (κ1) is 16.0. The van der Waals surface area contributed by atoms with E-state index in [2.05, 4.69) is 10.3 Å². The van der Waals surface area contributed by atoms with Crippen molar-refractivity contribution < 1.29 is 9.90 Å². The Balaban J connectivity index is 2.13. The van der Waals surface area contributed by atoms with Crippen molar-refractivity contribution in [1.29, 1.82) is 0 Å². The van der Waals surface area contributed by atoms with Crippen molar-refractivity contribution in [2.45, 2.75) is 45.8 Å². The molecule has 0 saturated carbocycles. The summed E-state index contributed by atoms with van der Waals surface area (Å²) < 4.78 is 0. The highest BCUT2D eigenvalue weighted by Gasteiger charge is 2.30. The van der Waals surface area contributed by atoms with Crippen LogP contribution in [0.15, 0.2) is 0 Å². The van der Waals surface area contributed by atoms with Gasteiger partial charge in [-0.3, -0.25) is 4.79 Å². The van der Waals surface area contributed by atoms with Gasteiger partial charge in [0.25, 0.3) is 5.91 Å². The predicted molar refractivity (Wildman–Crippen MR) is 85.6 cm³/mol. The van der Waals surface area contributed by atoms with Gasteiger partial charge in [0.2, 0.25) is 0 Å². The topological polar surface area (TPSA) is 91.5 Å². The minimum absolute atomic E-state index is 0.0871. The van der Waals surface area contributed by atoms with Crippen LogP contribution in [0.2, 0.25) is 0 Å². The first-order chi connectivity index (χ1) is 9.67. The summed E-state index contributed by atoms with van der Waals surface area (Å²) >= 11 is 1.29. The molecule has 0 bridgehead atoms. The Hall–Kier alpha value is -1.34. The van der Waals surface area contributed by atoms with E-state index >= 15 is 0 Å². The van der Waals surface area contributed by atoms with Crippen molar-refractivity contribution in [3.63, 3.8) is 0 Å². The average molecular weight is 312 g/mol. The molecule has 0 aliphatic carbocycles. The Morgan fingerprint density at radius 1 is 1.52 bits per heavy atom. The normalized spacial score (nSPS) is 23.2. The molecular formula is C14H24N4O2S. The first-order valence-electron chi connectivity index (χ1n) is 7.19. The Morgan fingerprint density at radius 2 is 2.19 bits per heavy atom. The lowest BCUT2D eigenvalue weighted by molar-refractivity contribution is 0.0301. The molecule has 1 fully saturated rings. The van der Waals surface area contributed by atoms with Gasteiger partial charge in [0.05, 0.1) is 6.10 Å². The van der Waals surface area contributed by atoms with E-state index in [1.54, 1.807) is 4.90 Å². The molecule has 0 spiro atoms. The molecule has 1 aliphatic rings. The van der Waals surface area contributed by atoms with Crippen molar-refractivity contribution in [3.05, 3.63) is 4.88 Å². The van der Waals surface area contributed by atoms with Gasteiger partial charge in [0, 0.05) is 18.6 Å². The second-order valence-electron chi connectivity index (χ2n) is 6.69. The molecule has 21 heavy (non-hydrogen) atoms. The van der Waals surface area contributed by atoms with Gasteiger partial charge in [-0.2, -0.15) is 0 Å². The zero-order chi connectivity index (χ0) is 15.8. The van der Waals surface area contributed by atoms with Gasteiger partial charge in [-0.25, -0.2) is 4.98 Å². The summed E-state index contributed by atoms with van der Waals surface area (Å²) in [5.41, 5.74) is 5.76. The fourth-order valence-corrected chi connectivity index (χ4v) is 3.38. The molecule has 1 aliphatic heterocycles. The molecule has 0 aromatic carbocycles. The van der Waals surface area contributed by atoms with E-state index in [-0.39, 0.29) is 29.3 Å². The van der Waals surface area contributed by atoms with Gasteiger partial charge in [0.15, 0.2) is 5.13 Å². The monoisotopic (exact) mass is 312 g/mol. The lowest BCUT2D eigenvalue weighted by Gasteiger charge is -2.34. The van der Waals surface area contributed by atoms with Crippen LogP contribution in [0.5, 0.6) is 0 Å². The number of carbonyl (C=O) groups is 1. The van der Waals surface area contributed by atoms with E-state index in [4.69, 9.17) is 5.73 Å². The van der Waals surface area contributed by atoms with E-state index in [0.717, 1.165) is 0 Å². The number of carbonyl (C=O) groups excluding carboxylic acids is 1. The molecule has 2 atom stereocenters. The largest absolute Gasteiger partial charge is 0.393 e. The molecule has 0 radical (unpaired) electrons. The summed E-state index contributed by atoms with van der Waals surface area (Å²) in [6, 6.07) is 0. The third kappa shape index (κ3) is 3.85. The van der Waals surface area contributed by atoms with Crippen LogP contribution in [0.1, 0.15) is 43.8 Å². The fraction of sp³-hybridized carbons (Fsp3) is 0.714. The molecule has 7 heteroatoms. The second-order valence-corrected chi connectivity index (χ2v) is 7.69. The average Bonchev–Trinajstić information content (AvgIpc) is 2.70. The highest BCUT2D eigenvalue weighted by atomic mass is 32.1. The number of nitrogen functional groups attached to an aromatic ring is 1. The van der Waals surface area contributed by atoms with Gasteiger partial charge in [-0.1, -0.05) is 18.3 Å². The van der Waals surface area contributed by atoms with Crippen molar-refractivity contribution in [2.75, 3.05) is 24.1 Å².